The lowest BCUT2D eigenvalue weighted by atomic mass is 10.1. The standard InChI is InChI=1S/C25H20N2O3S/c1-3-29-18-12-13-22-19(14-18)21(27-25-26-20-6-4-5-7-24(20)31-25)15-23(30-22)16-8-10-17(28-2)11-9-16/h4-15H,3H2,1-2H3/b27-21+. The molecule has 0 unspecified atom stereocenters. The quantitative estimate of drug-likeness (QED) is 0.327. The largest absolute Gasteiger partial charge is 0.497 e. The van der Waals surface area contributed by atoms with E-state index in [4.69, 9.17) is 18.9 Å². The molecule has 5 rings (SSSR count). The number of aromatic nitrogens is 1. The van der Waals surface area contributed by atoms with Crippen molar-refractivity contribution >= 4 is 37.7 Å². The molecule has 31 heavy (non-hydrogen) atoms. The van der Waals surface area contributed by atoms with Crippen molar-refractivity contribution in [2.75, 3.05) is 13.7 Å². The highest BCUT2D eigenvalue weighted by Crippen LogP contribution is 2.29. The number of para-hydroxylation sites is 1. The second kappa shape index (κ2) is 8.24. The van der Waals surface area contributed by atoms with Gasteiger partial charge in [-0.1, -0.05) is 23.5 Å². The van der Waals surface area contributed by atoms with Gasteiger partial charge in [0.05, 0.1) is 29.3 Å². The number of hydrogen-bond acceptors (Lipinski definition) is 6. The Hall–Kier alpha value is -3.64. The first-order chi connectivity index (χ1) is 15.2. The summed E-state index contributed by atoms with van der Waals surface area (Å²) in [6, 6.07) is 23.6. The Bertz CT molecular complexity index is 1400. The summed E-state index contributed by atoms with van der Waals surface area (Å²) in [6.07, 6.45) is 0. The zero-order valence-electron chi connectivity index (χ0n) is 17.2. The van der Waals surface area contributed by atoms with E-state index < -0.39 is 0 Å². The molecule has 0 amide bonds. The molecule has 154 valence electrons. The molecule has 0 bridgehead atoms. The van der Waals surface area contributed by atoms with E-state index in [0.717, 1.165) is 49.4 Å². The molecule has 0 atom stereocenters. The Morgan fingerprint density at radius 2 is 1.77 bits per heavy atom. The van der Waals surface area contributed by atoms with Crippen LogP contribution in [0.3, 0.4) is 0 Å². The summed E-state index contributed by atoms with van der Waals surface area (Å²) in [6.45, 7) is 2.56. The molecular weight excluding hydrogens is 408 g/mol. The van der Waals surface area contributed by atoms with E-state index >= 15 is 0 Å². The Balaban J connectivity index is 1.72. The molecule has 0 aliphatic rings. The van der Waals surface area contributed by atoms with Gasteiger partial charge in [0.15, 0.2) is 0 Å². The molecule has 2 aromatic heterocycles. The van der Waals surface area contributed by atoms with E-state index in [1.165, 1.54) is 0 Å². The number of rotatable bonds is 5. The molecule has 5 aromatic rings. The van der Waals surface area contributed by atoms with E-state index in [2.05, 4.69) is 11.1 Å². The minimum atomic E-state index is 0.594. The Labute approximate surface area is 183 Å². The van der Waals surface area contributed by atoms with Crippen LogP contribution >= 0.6 is 11.3 Å². The molecule has 0 radical (unpaired) electrons. The second-order valence-electron chi connectivity index (χ2n) is 6.89. The highest BCUT2D eigenvalue weighted by atomic mass is 32.1. The molecule has 6 heteroatoms. The molecule has 0 fully saturated rings. The maximum atomic E-state index is 6.22. The number of methoxy groups -OCH3 is 1. The zero-order valence-corrected chi connectivity index (χ0v) is 18.0. The van der Waals surface area contributed by atoms with Crippen LogP contribution in [0.15, 0.2) is 82.2 Å². The van der Waals surface area contributed by atoms with Crippen LogP contribution in [0.5, 0.6) is 11.5 Å². The highest BCUT2D eigenvalue weighted by molar-refractivity contribution is 7.21. The summed E-state index contributed by atoms with van der Waals surface area (Å²) < 4.78 is 18.3. The topological polar surface area (TPSA) is 56.9 Å². The van der Waals surface area contributed by atoms with Crippen LogP contribution in [0, 0.1) is 0 Å². The van der Waals surface area contributed by atoms with Crippen molar-refractivity contribution < 1.29 is 13.9 Å². The van der Waals surface area contributed by atoms with Crippen molar-refractivity contribution in [3.63, 3.8) is 0 Å². The van der Waals surface area contributed by atoms with Crippen molar-refractivity contribution in [2.45, 2.75) is 6.92 Å². The molecule has 0 spiro atoms. The van der Waals surface area contributed by atoms with Crippen LogP contribution in [0.4, 0.5) is 5.13 Å². The summed E-state index contributed by atoms with van der Waals surface area (Å²) in [5, 5.41) is 2.37. The lowest BCUT2D eigenvalue weighted by molar-refractivity contribution is 0.340. The normalized spacial score (nSPS) is 11.9. The number of ether oxygens (including phenoxy) is 2. The van der Waals surface area contributed by atoms with Crippen molar-refractivity contribution in [3.05, 3.63) is 78.2 Å². The van der Waals surface area contributed by atoms with Gasteiger partial charge in [-0.15, -0.1) is 0 Å². The van der Waals surface area contributed by atoms with Gasteiger partial charge >= 0.3 is 0 Å². The average molecular weight is 429 g/mol. The van der Waals surface area contributed by atoms with Crippen molar-refractivity contribution in [1.29, 1.82) is 0 Å². The Morgan fingerprint density at radius 1 is 0.968 bits per heavy atom. The van der Waals surface area contributed by atoms with Gasteiger partial charge in [0.1, 0.15) is 22.8 Å². The SMILES string of the molecule is CCOc1ccc2oc(-c3ccc(OC)cc3)c/c(=N\c3nc4ccccc4s3)c2c1. The summed E-state index contributed by atoms with van der Waals surface area (Å²) in [4.78, 5) is 9.57. The summed E-state index contributed by atoms with van der Waals surface area (Å²) in [7, 11) is 1.65. The van der Waals surface area contributed by atoms with Crippen LogP contribution in [0.1, 0.15) is 6.92 Å². The van der Waals surface area contributed by atoms with Crippen LogP contribution in [0.25, 0.3) is 32.5 Å². The second-order valence-corrected chi connectivity index (χ2v) is 7.90. The number of benzene rings is 3. The van der Waals surface area contributed by atoms with E-state index in [1.807, 2.05) is 73.7 Å². The number of nitrogens with zero attached hydrogens (tertiary/aromatic N) is 2. The Morgan fingerprint density at radius 3 is 2.55 bits per heavy atom. The third kappa shape index (κ3) is 3.90. The minimum Gasteiger partial charge on any atom is -0.497 e. The number of thiazole rings is 1. The zero-order chi connectivity index (χ0) is 21.2. The van der Waals surface area contributed by atoms with Gasteiger partial charge in [-0.25, -0.2) is 9.98 Å². The third-order valence-corrected chi connectivity index (χ3v) is 5.83. The van der Waals surface area contributed by atoms with Crippen LogP contribution < -0.4 is 14.8 Å². The number of hydrogen-bond donors (Lipinski definition) is 0. The molecule has 5 nitrogen and oxygen atoms in total. The molecule has 0 aliphatic heterocycles. The maximum absolute atomic E-state index is 6.22. The third-order valence-electron chi connectivity index (χ3n) is 4.90. The van der Waals surface area contributed by atoms with Gasteiger partial charge in [-0.05, 0) is 61.5 Å². The van der Waals surface area contributed by atoms with Crippen molar-refractivity contribution in [2.24, 2.45) is 4.99 Å². The first-order valence-electron chi connectivity index (χ1n) is 9.99. The predicted octanol–water partition coefficient (Wildman–Crippen LogP) is 6.35. The lowest BCUT2D eigenvalue weighted by Crippen LogP contribution is -2.04. The molecular formula is C25H20N2O3S. The molecule has 3 aromatic carbocycles. The molecule has 2 heterocycles. The van der Waals surface area contributed by atoms with Crippen molar-refractivity contribution in [3.8, 4) is 22.8 Å². The highest BCUT2D eigenvalue weighted by Gasteiger charge is 2.09. The smallest absolute Gasteiger partial charge is 0.210 e. The molecule has 0 saturated carbocycles. The van der Waals surface area contributed by atoms with E-state index in [1.54, 1.807) is 18.4 Å². The Kier molecular flexibility index (Phi) is 5.14. The first-order valence-corrected chi connectivity index (χ1v) is 10.8. The van der Waals surface area contributed by atoms with Gasteiger partial charge in [0, 0.05) is 17.0 Å². The van der Waals surface area contributed by atoms with E-state index in [0.29, 0.717) is 11.7 Å². The van der Waals surface area contributed by atoms with Gasteiger partial charge < -0.3 is 13.9 Å². The van der Waals surface area contributed by atoms with Crippen molar-refractivity contribution in [1.82, 2.24) is 4.98 Å². The summed E-state index contributed by atoms with van der Waals surface area (Å²) in [5.74, 6) is 2.30. The van der Waals surface area contributed by atoms with E-state index in [-0.39, 0.29) is 0 Å². The predicted molar refractivity (Wildman–Crippen MR) is 124 cm³/mol. The fraction of sp³-hybridized carbons (Fsp3) is 0.120. The first kappa shape index (κ1) is 19.3. The van der Waals surface area contributed by atoms with Gasteiger partial charge in [0.25, 0.3) is 0 Å². The fourth-order valence-corrected chi connectivity index (χ4v) is 4.26. The maximum Gasteiger partial charge on any atom is 0.210 e. The monoisotopic (exact) mass is 428 g/mol. The van der Waals surface area contributed by atoms with Gasteiger partial charge in [-0.3, -0.25) is 0 Å². The number of fused-ring (bicyclic) bond motifs is 2. The fourth-order valence-electron chi connectivity index (χ4n) is 3.41. The van der Waals surface area contributed by atoms with Gasteiger partial charge in [-0.2, -0.15) is 0 Å². The van der Waals surface area contributed by atoms with E-state index in [9.17, 15) is 0 Å². The summed E-state index contributed by atoms with van der Waals surface area (Å²) in [5.41, 5.74) is 2.62. The summed E-state index contributed by atoms with van der Waals surface area (Å²) >= 11 is 1.57. The van der Waals surface area contributed by atoms with Crippen LogP contribution in [-0.2, 0) is 0 Å². The minimum absolute atomic E-state index is 0.594. The lowest BCUT2D eigenvalue weighted by Gasteiger charge is -2.08. The molecule has 0 saturated heterocycles. The molecule has 0 N–H and O–H groups in total. The van der Waals surface area contributed by atoms with Crippen LogP contribution in [0.2, 0.25) is 0 Å². The molecule has 0 aliphatic carbocycles. The average Bonchev–Trinajstić information content (AvgIpc) is 3.22. The van der Waals surface area contributed by atoms with Gasteiger partial charge in [0.2, 0.25) is 5.13 Å². The van der Waals surface area contributed by atoms with Crippen LogP contribution in [-0.4, -0.2) is 18.7 Å².